The van der Waals surface area contributed by atoms with E-state index < -0.39 is 5.79 Å². The van der Waals surface area contributed by atoms with Gasteiger partial charge in [-0.25, -0.2) is 0 Å². The molecule has 37 heavy (non-hydrogen) atoms. The molecule has 3 saturated carbocycles. The molecule has 11 atom stereocenters. The molecule has 1 aromatic heterocycles. The average molecular weight is 529 g/mol. The number of thioether (sulfide) groups is 1. The number of H-pyrrole nitrogens is 1. The predicted molar refractivity (Wildman–Crippen MR) is 152 cm³/mol. The second kappa shape index (κ2) is 9.26. The van der Waals surface area contributed by atoms with Crippen LogP contribution in [0.2, 0.25) is 0 Å². The van der Waals surface area contributed by atoms with Crippen molar-refractivity contribution in [3.05, 3.63) is 17.5 Å². The van der Waals surface area contributed by atoms with Gasteiger partial charge in [-0.1, -0.05) is 48.0 Å². The van der Waals surface area contributed by atoms with E-state index in [-0.39, 0.29) is 17.6 Å². The molecular weight excluding hydrogens is 476 g/mol. The normalized spacial score (nSPS) is 45.5. The maximum atomic E-state index is 6.90. The molecule has 0 radical (unpaired) electrons. The number of nitrogens with one attached hydrogen (secondary N) is 1. The van der Waals surface area contributed by atoms with Gasteiger partial charge in [-0.2, -0.15) is 16.9 Å². The van der Waals surface area contributed by atoms with Gasteiger partial charge >= 0.3 is 0 Å². The zero-order valence-electron chi connectivity index (χ0n) is 24.7. The van der Waals surface area contributed by atoms with E-state index in [0.717, 1.165) is 41.8 Å². The van der Waals surface area contributed by atoms with Crippen molar-refractivity contribution in [2.45, 2.75) is 124 Å². The van der Waals surface area contributed by atoms with Crippen LogP contribution < -0.4 is 0 Å². The summed E-state index contributed by atoms with van der Waals surface area (Å²) < 4.78 is 13.7. The van der Waals surface area contributed by atoms with E-state index in [2.05, 4.69) is 83.5 Å². The first-order valence-electron chi connectivity index (χ1n) is 15.5. The van der Waals surface area contributed by atoms with Crippen molar-refractivity contribution >= 4 is 11.8 Å². The van der Waals surface area contributed by atoms with Crippen LogP contribution in [0.1, 0.15) is 98.8 Å². The van der Waals surface area contributed by atoms with Gasteiger partial charge < -0.3 is 9.47 Å². The van der Waals surface area contributed by atoms with Crippen LogP contribution in [0.3, 0.4) is 0 Å². The van der Waals surface area contributed by atoms with Gasteiger partial charge in [0.1, 0.15) is 0 Å². The Hall–Kier alpha value is -0.520. The average Bonchev–Trinajstić information content (AvgIpc) is 3.51. The van der Waals surface area contributed by atoms with Crippen LogP contribution in [0.25, 0.3) is 0 Å². The molecule has 4 aliphatic carbocycles. The third kappa shape index (κ3) is 4.10. The first kappa shape index (κ1) is 26.7. The lowest BCUT2D eigenvalue weighted by Crippen LogP contribution is -2.63. The van der Waals surface area contributed by atoms with Gasteiger partial charge in [0.15, 0.2) is 5.79 Å². The van der Waals surface area contributed by atoms with Crippen molar-refractivity contribution < 1.29 is 9.47 Å². The summed E-state index contributed by atoms with van der Waals surface area (Å²) in [5.74, 6) is 5.86. The third-order valence-corrected chi connectivity index (χ3v) is 13.9. The van der Waals surface area contributed by atoms with Crippen molar-refractivity contribution in [1.82, 2.24) is 10.2 Å². The van der Waals surface area contributed by atoms with E-state index >= 15 is 0 Å². The number of rotatable bonds is 6. The van der Waals surface area contributed by atoms with Crippen LogP contribution in [0.5, 0.6) is 0 Å². The molecule has 0 bridgehead atoms. The van der Waals surface area contributed by atoms with Crippen molar-refractivity contribution in [3.8, 4) is 0 Å². The van der Waals surface area contributed by atoms with Crippen molar-refractivity contribution in [3.63, 3.8) is 0 Å². The van der Waals surface area contributed by atoms with Crippen LogP contribution in [-0.2, 0) is 22.3 Å². The summed E-state index contributed by atoms with van der Waals surface area (Å²) in [6.45, 7) is 19.3. The molecule has 0 spiro atoms. The first-order chi connectivity index (χ1) is 17.5. The van der Waals surface area contributed by atoms with Gasteiger partial charge in [-0.3, -0.25) is 5.10 Å². The summed E-state index contributed by atoms with van der Waals surface area (Å²) in [5.41, 5.74) is 3.48. The van der Waals surface area contributed by atoms with E-state index in [1.54, 1.807) is 0 Å². The molecule has 1 saturated heterocycles. The zero-order chi connectivity index (χ0) is 26.3. The molecule has 4 nitrogen and oxygen atoms in total. The maximum absolute atomic E-state index is 6.90. The summed E-state index contributed by atoms with van der Waals surface area (Å²) in [6, 6.07) is 0. The number of nitrogens with zero attached hydrogens (tertiary/aromatic N) is 1. The van der Waals surface area contributed by atoms with E-state index in [4.69, 9.17) is 9.47 Å². The molecule has 1 aliphatic heterocycles. The van der Waals surface area contributed by atoms with Crippen LogP contribution in [-0.4, -0.2) is 39.2 Å². The van der Waals surface area contributed by atoms with Crippen LogP contribution in [0.4, 0.5) is 0 Å². The number of fused-ring (bicyclic) bond motifs is 9. The fraction of sp³-hybridized carbons (Fsp3) is 0.906. The second-order valence-electron chi connectivity index (χ2n) is 14.9. The zero-order valence-corrected chi connectivity index (χ0v) is 25.5. The third-order valence-electron chi connectivity index (χ3n) is 12.4. The minimum absolute atomic E-state index is 0.197. The molecule has 5 heteroatoms. The molecule has 6 rings (SSSR count). The Bertz CT molecular complexity index is 991. The highest BCUT2D eigenvalue weighted by atomic mass is 32.2. The molecule has 208 valence electrons. The molecule has 5 aliphatic rings. The Morgan fingerprint density at radius 2 is 1.73 bits per heavy atom. The molecule has 2 heterocycles. The highest BCUT2D eigenvalue weighted by Gasteiger charge is 2.68. The summed E-state index contributed by atoms with van der Waals surface area (Å²) in [4.78, 5) is 0. The molecule has 1 N–H and O–H groups in total. The summed E-state index contributed by atoms with van der Waals surface area (Å²) in [6.07, 6.45) is 11.5. The number of hydrogen-bond donors (Lipinski definition) is 1. The number of ether oxygens (including phenoxy) is 2. The van der Waals surface area contributed by atoms with Gasteiger partial charge in [0, 0.05) is 10.9 Å². The Kier molecular flexibility index (Phi) is 6.68. The maximum Gasteiger partial charge on any atom is 0.163 e. The minimum Gasteiger partial charge on any atom is -0.344 e. The fourth-order valence-corrected chi connectivity index (χ4v) is 12.2. The van der Waals surface area contributed by atoms with Crippen molar-refractivity contribution in [1.29, 1.82) is 0 Å². The van der Waals surface area contributed by atoms with E-state index in [9.17, 15) is 0 Å². The Morgan fingerprint density at radius 3 is 2.46 bits per heavy atom. The molecule has 0 aromatic carbocycles. The Labute approximate surface area is 230 Å². The van der Waals surface area contributed by atoms with Gasteiger partial charge in [-0.15, -0.1) is 0 Å². The van der Waals surface area contributed by atoms with Gasteiger partial charge in [0.05, 0.1) is 18.4 Å². The molecule has 4 fully saturated rings. The van der Waals surface area contributed by atoms with E-state index in [1.165, 1.54) is 49.1 Å². The second-order valence-corrected chi connectivity index (χ2v) is 16.3. The van der Waals surface area contributed by atoms with Gasteiger partial charge in [-0.05, 0) is 116 Å². The molecule has 0 unspecified atom stereocenters. The lowest BCUT2D eigenvalue weighted by atomic mass is 9.43. The van der Waals surface area contributed by atoms with E-state index in [1.807, 2.05) is 0 Å². The minimum atomic E-state index is -0.486. The van der Waals surface area contributed by atoms with Crippen LogP contribution in [0, 0.1) is 52.3 Å². The lowest BCUT2D eigenvalue weighted by molar-refractivity contribution is -0.171. The number of aromatic nitrogens is 2. The number of hydrogen-bond acceptors (Lipinski definition) is 4. The monoisotopic (exact) mass is 528 g/mol. The Balaban J connectivity index is 1.29. The van der Waals surface area contributed by atoms with Crippen LogP contribution in [0.15, 0.2) is 6.20 Å². The highest BCUT2D eigenvalue weighted by molar-refractivity contribution is 7.99. The molecule has 0 amide bonds. The Morgan fingerprint density at radius 1 is 1.00 bits per heavy atom. The first-order valence-corrected chi connectivity index (χ1v) is 16.5. The largest absolute Gasteiger partial charge is 0.344 e. The summed E-state index contributed by atoms with van der Waals surface area (Å²) in [5, 5.41) is 8.51. The standard InChI is InChI=1S/C32H52N2O2S/c1-9-20(18(2)3)17-37-19(4)22-10-11-23-27-24(12-13-31(22,23)7)32(8)15-21-16-33-34-26(21)14-25(32)28-29(27)36-30(5,6)35-28/h16,18-20,22-25,27-29H,9-15,17H2,1-8H3,(H,33,34)/t19-,20+,22+,23-,24-,25+,27-,28+,29+,31+,32+/m0/s1. The quantitative estimate of drug-likeness (QED) is 0.415. The summed E-state index contributed by atoms with van der Waals surface area (Å²) in [7, 11) is 0. The smallest absolute Gasteiger partial charge is 0.163 e. The fourth-order valence-electron chi connectivity index (χ4n) is 10.4. The molecule has 1 aromatic rings. The molecular formula is C32H52N2O2S. The lowest BCUT2D eigenvalue weighted by Gasteiger charge is -2.62. The van der Waals surface area contributed by atoms with Crippen molar-refractivity contribution in [2.24, 2.45) is 52.3 Å². The van der Waals surface area contributed by atoms with Crippen molar-refractivity contribution in [2.75, 3.05) is 5.75 Å². The summed E-state index contributed by atoms with van der Waals surface area (Å²) >= 11 is 2.28. The SMILES string of the molecule is CC[C@H](CS[C@@H](C)[C@H]1CC[C@H]2[C@@H]3[C@H]4OC(C)(C)O[C@@H]4[C@H]4Cc5[nH]ncc5C[C@]4(C)[C@H]3CC[C@]12C)C(C)C. The highest BCUT2D eigenvalue weighted by Crippen LogP contribution is 2.69. The number of aromatic amines is 1. The van der Waals surface area contributed by atoms with Gasteiger partial charge in [0.2, 0.25) is 0 Å². The topological polar surface area (TPSA) is 47.1 Å². The van der Waals surface area contributed by atoms with Crippen LogP contribution >= 0.6 is 11.8 Å². The predicted octanol–water partition coefficient (Wildman–Crippen LogP) is 7.53. The van der Waals surface area contributed by atoms with E-state index in [0.29, 0.717) is 23.2 Å². The van der Waals surface area contributed by atoms with Gasteiger partial charge in [0.25, 0.3) is 0 Å².